The van der Waals surface area contributed by atoms with Gasteiger partial charge in [0.25, 0.3) is 0 Å². The smallest absolute Gasteiger partial charge is 0.240 e. The minimum Gasteiger partial charge on any atom is -0.497 e. The second kappa shape index (κ2) is 8.39. The molecule has 0 radical (unpaired) electrons. The predicted molar refractivity (Wildman–Crippen MR) is 94.8 cm³/mol. The maximum Gasteiger partial charge on any atom is 0.240 e. The average molecular weight is 349 g/mol. The summed E-state index contributed by atoms with van der Waals surface area (Å²) in [7, 11) is 3.06. The molecule has 1 heterocycles. The van der Waals surface area contributed by atoms with E-state index in [0.29, 0.717) is 28.9 Å². The lowest BCUT2D eigenvalue weighted by molar-refractivity contribution is -0.122. The van der Waals surface area contributed by atoms with Crippen molar-refractivity contribution in [1.29, 1.82) is 0 Å². The molecular formula is C16H19N3O4S. The quantitative estimate of drug-likeness (QED) is 0.733. The molecule has 1 aliphatic rings. The number of carbonyl (C=O) groups excluding carboxylic acids is 2. The SMILES string of the molecule is C=CCN=C1NC(=O)C(CC(=O)Nc2ccc(OC)cc2OC)S1. The Morgan fingerprint density at radius 3 is 2.92 bits per heavy atom. The number of hydrogen-bond acceptors (Lipinski definition) is 6. The van der Waals surface area contributed by atoms with E-state index in [1.54, 1.807) is 31.4 Å². The van der Waals surface area contributed by atoms with E-state index in [9.17, 15) is 9.59 Å². The van der Waals surface area contributed by atoms with Crippen molar-refractivity contribution in [2.45, 2.75) is 11.7 Å². The number of methoxy groups -OCH3 is 2. The van der Waals surface area contributed by atoms with E-state index in [4.69, 9.17) is 9.47 Å². The summed E-state index contributed by atoms with van der Waals surface area (Å²) in [5.41, 5.74) is 0.521. The third kappa shape index (κ3) is 4.51. The van der Waals surface area contributed by atoms with Gasteiger partial charge in [0, 0.05) is 12.5 Å². The molecule has 1 atom stereocenters. The highest BCUT2D eigenvalue weighted by molar-refractivity contribution is 8.15. The number of nitrogens with zero attached hydrogens (tertiary/aromatic N) is 1. The molecule has 8 heteroatoms. The molecule has 2 amide bonds. The van der Waals surface area contributed by atoms with Gasteiger partial charge in [-0.25, -0.2) is 0 Å². The summed E-state index contributed by atoms with van der Waals surface area (Å²) in [4.78, 5) is 28.2. The normalized spacial score (nSPS) is 18.2. The molecule has 1 aromatic carbocycles. The van der Waals surface area contributed by atoms with Gasteiger partial charge in [0.1, 0.15) is 16.7 Å². The van der Waals surface area contributed by atoms with Gasteiger partial charge in [-0.15, -0.1) is 6.58 Å². The van der Waals surface area contributed by atoms with E-state index < -0.39 is 5.25 Å². The number of anilines is 1. The standard InChI is InChI=1S/C16H19N3O4S/c1-4-7-17-16-19-15(21)13(24-16)9-14(20)18-11-6-5-10(22-2)8-12(11)23-3/h4-6,8,13H,1,7,9H2,2-3H3,(H,18,20)(H,17,19,21). The number of ether oxygens (including phenoxy) is 2. The van der Waals surface area contributed by atoms with Gasteiger partial charge in [-0.05, 0) is 12.1 Å². The first-order valence-electron chi connectivity index (χ1n) is 7.22. The molecule has 0 aliphatic carbocycles. The molecule has 128 valence electrons. The molecule has 1 saturated heterocycles. The minimum absolute atomic E-state index is 0.0405. The predicted octanol–water partition coefficient (Wildman–Crippen LogP) is 1.81. The summed E-state index contributed by atoms with van der Waals surface area (Å²) in [5, 5.41) is 5.41. The molecular weight excluding hydrogens is 330 g/mol. The second-order valence-corrected chi connectivity index (χ2v) is 6.04. The van der Waals surface area contributed by atoms with Crippen LogP contribution >= 0.6 is 11.8 Å². The largest absolute Gasteiger partial charge is 0.497 e. The fraction of sp³-hybridized carbons (Fsp3) is 0.312. The molecule has 0 bridgehead atoms. The van der Waals surface area contributed by atoms with Crippen molar-refractivity contribution in [1.82, 2.24) is 5.32 Å². The summed E-state index contributed by atoms with van der Waals surface area (Å²) >= 11 is 1.24. The number of thioether (sulfide) groups is 1. The van der Waals surface area contributed by atoms with Gasteiger partial charge in [-0.3, -0.25) is 14.6 Å². The van der Waals surface area contributed by atoms with E-state index in [-0.39, 0.29) is 18.2 Å². The number of rotatable bonds is 7. The molecule has 24 heavy (non-hydrogen) atoms. The third-order valence-corrected chi connectivity index (χ3v) is 4.31. The zero-order chi connectivity index (χ0) is 17.5. The topological polar surface area (TPSA) is 89.0 Å². The van der Waals surface area contributed by atoms with Crippen LogP contribution < -0.4 is 20.1 Å². The van der Waals surface area contributed by atoms with Gasteiger partial charge in [0.05, 0.1) is 26.5 Å². The summed E-state index contributed by atoms with van der Waals surface area (Å²) < 4.78 is 10.3. The van der Waals surface area contributed by atoms with Crippen molar-refractivity contribution in [3.63, 3.8) is 0 Å². The molecule has 1 unspecified atom stereocenters. The molecule has 1 aliphatic heterocycles. The van der Waals surface area contributed by atoms with Crippen LogP contribution in [0.2, 0.25) is 0 Å². The van der Waals surface area contributed by atoms with E-state index in [1.165, 1.54) is 18.9 Å². The maximum absolute atomic E-state index is 12.2. The van der Waals surface area contributed by atoms with Crippen LogP contribution in [0.25, 0.3) is 0 Å². The fourth-order valence-electron chi connectivity index (χ4n) is 2.03. The zero-order valence-corrected chi connectivity index (χ0v) is 14.3. The monoisotopic (exact) mass is 349 g/mol. The van der Waals surface area contributed by atoms with Crippen LogP contribution in [-0.2, 0) is 9.59 Å². The van der Waals surface area contributed by atoms with Crippen LogP contribution in [0.1, 0.15) is 6.42 Å². The van der Waals surface area contributed by atoms with Crippen LogP contribution in [0.4, 0.5) is 5.69 Å². The highest BCUT2D eigenvalue weighted by Gasteiger charge is 2.32. The molecule has 7 nitrogen and oxygen atoms in total. The highest BCUT2D eigenvalue weighted by Crippen LogP contribution is 2.30. The fourth-order valence-corrected chi connectivity index (χ4v) is 3.01. The van der Waals surface area contributed by atoms with Crippen LogP contribution in [0.5, 0.6) is 11.5 Å². The summed E-state index contributed by atoms with van der Waals surface area (Å²) in [6, 6.07) is 5.08. The van der Waals surface area contributed by atoms with Crippen molar-refractivity contribution in [3.05, 3.63) is 30.9 Å². The number of aliphatic imine (C=N–C) groups is 1. The summed E-state index contributed by atoms with van der Waals surface area (Å²) in [6.45, 7) is 3.99. The second-order valence-electron chi connectivity index (χ2n) is 4.85. The van der Waals surface area contributed by atoms with Crippen LogP contribution in [0.15, 0.2) is 35.8 Å². The van der Waals surface area contributed by atoms with Crippen molar-refractivity contribution >= 4 is 34.4 Å². The number of hydrogen-bond donors (Lipinski definition) is 2. The van der Waals surface area contributed by atoms with Crippen molar-refractivity contribution in [2.75, 3.05) is 26.1 Å². The molecule has 0 spiro atoms. The van der Waals surface area contributed by atoms with Crippen LogP contribution in [0, 0.1) is 0 Å². The Hall–Kier alpha value is -2.48. The summed E-state index contributed by atoms with van der Waals surface area (Å²) in [5.74, 6) is 0.605. The lowest BCUT2D eigenvalue weighted by Gasteiger charge is -2.12. The number of amides is 2. The Labute approximate surface area is 144 Å². The molecule has 1 aromatic rings. The molecule has 2 N–H and O–H groups in total. The first kappa shape index (κ1) is 17.9. The molecule has 0 aromatic heterocycles. The van der Waals surface area contributed by atoms with Gasteiger partial charge in [0.2, 0.25) is 11.8 Å². The van der Waals surface area contributed by atoms with Crippen molar-refractivity contribution in [3.8, 4) is 11.5 Å². The Morgan fingerprint density at radius 2 is 2.25 bits per heavy atom. The van der Waals surface area contributed by atoms with Crippen molar-refractivity contribution in [2.24, 2.45) is 4.99 Å². The number of amidine groups is 1. The Morgan fingerprint density at radius 1 is 1.46 bits per heavy atom. The van der Waals surface area contributed by atoms with Gasteiger partial charge in [-0.2, -0.15) is 0 Å². The van der Waals surface area contributed by atoms with Gasteiger partial charge in [-0.1, -0.05) is 17.8 Å². The first-order chi connectivity index (χ1) is 11.6. The van der Waals surface area contributed by atoms with Gasteiger partial charge < -0.3 is 20.1 Å². The number of benzene rings is 1. The van der Waals surface area contributed by atoms with E-state index in [0.717, 1.165) is 0 Å². The Kier molecular flexibility index (Phi) is 6.25. The van der Waals surface area contributed by atoms with E-state index in [1.807, 2.05) is 0 Å². The van der Waals surface area contributed by atoms with E-state index >= 15 is 0 Å². The van der Waals surface area contributed by atoms with Crippen molar-refractivity contribution < 1.29 is 19.1 Å². The molecule has 2 rings (SSSR count). The average Bonchev–Trinajstić information content (AvgIpc) is 2.92. The van der Waals surface area contributed by atoms with Gasteiger partial charge >= 0.3 is 0 Å². The number of nitrogens with one attached hydrogen (secondary N) is 2. The van der Waals surface area contributed by atoms with E-state index in [2.05, 4.69) is 22.2 Å². The lowest BCUT2D eigenvalue weighted by Crippen LogP contribution is -2.28. The minimum atomic E-state index is -0.502. The zero-order valence-electron chi connectivity index (χ0n) is 13.5. The first-order valence-corrected chi connectivity index (χ1v) is 8.10. The molecule has 0 saturated carbocycles. The van der Waals surface area contributed by atoms with Crippen LogP contribution in [-0.4, -0.2) is 43.0 Å². The summed E-state index contributed by atoms with van der Waals surface area (Å²) in [6.07, 6.45) is 1.68. The number of carbonyl (C=O) groups is 2. The lowest BCUT2D eigenvalue weighted by atomic mass is 10.2. The highest BCUT2D eigenvalue weighted by atomic mass is 32.2. The molecule has 1 fully saturated rings. The Bertz CT molecular complexity index is 675. The maximum atomic E-state index is 12.2. The van der Waals surface area contributed by atoms with Gasteiger partial charge in [0.15, 0.2) is 5.17 Å². The third-order valence-electron chi connectivity index (χ3n) is 3.19. The Balaban J connectivity index is 1.99. The van der Waals surface area contributed by atoms with Crippen LogP contribution in [0.3, 0.4) is 0 Å².